The number of rotatable bonds is 2. The Morgan fingerprint density at radius 2 is 2.21 bits per heavy atom. The maximum Gasteiger partial charge on any atom is 0.247 e. The van der Waals surface area contributed by atoms with Crippen molar-refractivity contribution in [2.45, 2.75) is 25.9 Å². The Kier molecular flexibility index (Phi) is 2.84. The highest BCUT2D eigenvalue weighted by Gasteiger charge is 2.20. The molecular weight excluding hydrogens is 247 g/mol. The van der Waals surface area contributed by atoms with Crippen LogP contribution in [0.15, 0.2) is 22.9 Å². The summed E-state index contributed by atoms with van der Waals surface area (Å²) in [5, 5.41) is 7.36. The topological polar surface area (TPSA) is 55.1 Å². The molecule has 2 aromatic rings. The first-order valence-electron chi connectivity index (χ1n) is 6.80. The molecule has 6 heteroatoms. The van der Waals surface area contributed by atoms with Gasteiger partial charge in [0.05, 0.1) is 0 Å². The largest absolute Gasteiger partial charge is 0.423 e. The van der Waals surface area contributed by atoms with Gasteiger partial charge < -0.3 is 9.32 Å². The first kappa shape index (κ1) is 10.9. The number of piperidine rings is 1. The lowest BCUT2D eigenvalue weighted by molar-refractivity contribution is 0.276. The molecule has 0 spiro atoms. The Morgan fingerprint density at radius 3 is 2.89 bits per heavy atom. The van der Waals surface area contributed by atoms with Gasteiger partial charge in [0.15, 0.2) is 0 Å². The average molecular weight is 263 g/mol. The van der Waals surface area contributed by atoms with Crippen molar-refractivity contribution in [3.63, 3.8) is 0 Å². The first-order chi connectivity index (χ1) is 9.61. The molecule has 2 aromatic heterocycles. The fourth-order valence-electron chi connectivity index (χ4n) is 2.28. The van der Waals surface area contributed by atoms with Crippen LogP contribution in [0.3, 0.4) is 0 Å². The second-order valence-electron chi connectivity index (χ2n) is 4.72. The highest BCUT2D eigenvalue weighted by atomic mass is 19.1. The number of alkyl halides is 1. The zero-order valence-electron chi connectivity index (χ0n) is 11.6. The molecule has 0 aliphatic carbocycles. The van der Waals surface area contributed by atoms with Crippen molar-refractivity contribution in [2.75, 3.05) is 18.0 Å². The van der Waals surface area contributed by atoms with Crippen LogP contribution in [0.25, 0.3) is 11.5 Å². The highest BCUT2D eigenvalue weighted by Crippen LogP contribution is 2.25. The van der Waals surface area contributed by atoms with E-state index in [1.54, 1.807) is 0 Å². The minimum absolute atomic E-state index is 0.214. The van der Waals surface area contributed by atoms with Crippen LogP contribution in [0.4, 0.5) is 10.2 Å². The van der Waals surface area contributed by atoms with E-state index in [1.807, 2.05) is 19.1 Å². The number of hydrogen-bond acceptors (Lipinski definition) is 5. The maximum atomic E-state index is 13.2. The van der Waals surface area contributed by atoms with Gasteiger partial charge in [-0.1, -0.05) is 0 Å². The van der Waals surface area contributed by atoms with Gasteiger partial charge in [-0.2, -0.15) is 0 Å². The fraction of sp³-hybridized carbons (Fsp3) is 0.462. The number of halogens is 1. The van der Waals surface area contributed by atoms with Gasteiger partial charge in [0.25, 0.3) is 0 Å². The van der Waals surface area contributed by atoms with Gasteiger partial charge in [-0.3, -0.25) is 0 Å². The van der Waals surface area contributed by atoms with Gasteiger partial charge in [-0.25, -0.2) is 9.37 Å². The molecule has 1 aliphatic heterocycles. The molecule has 0 atom stereocenters. The summed E-state index contributed by atoms with van der Waals surface area (Å²) < 4.78 is 25.6. The highest BCUT2D eigenvalue weighted by molar-refractivity contribution is 5.59. The molecule has 19 heavy (non-hydrogen) atoms. The van der Waals surface area contributed by atoms with Crippen molar-refractivity contribution in [3.8, 4) is 11.5 Å². The third-order valence-electron chi connectivity index (χ3n) is 3.26. The lowest BCUT2D eigenvalue weighted by Gasteiger charge is -2.30. The van der Waals surface area contributed by atoms with Crippen molar-refractivity contribution >= 4 is 5.82 Å². The Bertz CT molecular complexity index is 610. The number of nitrogens with zero attached hydrogens (tertiary/aromatic N) is 4. The van der Waals surface area contributed by atoms with Crippen LogP contribution in [0, 0.1) is 6.92 Å². The Balaban J connectivity index is 1.90. The van der Waals surface area contributed by atoms with Crippen LogP contribution in [-0.4, -0.2) is 34.4 Å². The predicted molar refractivity (Wildman–Crippen MR) is 68.6 cm³/mol. The summed E-state index contributed by atoms with van der Waals surface area (Å²) in [6.45, 7) is 3.20. The van der Waals surface area contributed by atoms with Crippen molar-refractivity contribution in [2.24, 2.45) is 0 Å². The van der Waals surface area contributed by atoms with Gasteiger partial charge in [0, 0.05) is 24.3 Å². The van der Waals surface area contributed by atoms with E-state index in [9.17, 15) is 4.39 Å². The van der Waals surface area contributed by atoms with E-state index in [-0.39, 0.29) is 6.37 Å². The van der Waals surface area contributed by atoms with Crippen molar-refractivity contribution in [1.29, 1.82) is 0 Å². The third-order valence-corrected chi connectivity index (χ3v) is 3.26. The van der Waals surface area contributed by atoms with Crippen LogP contribution >= 0.6 is 0 Å². The fourth-order valence-corrected chi connectivity index (χ4v) is 2.28. The lowest BCUT2D eigenvalue weighted by Crippen LogP contribution is -2.35. The molecule has 0 radical (unpaired) electrons. The van der Waals surface area contributed by atoms with Crippen molar-refractivity contribution in [1.82, 2.24) is 15.2 Å². The molecule has 0 unspecified atom stereocenters. The number of aromatic nitrogens is 3. The number of hydrogen-bond donors (Lipinski definition) is 0. The zero-order valence-corrected chi connectivity index (χ0v) is 10.6. The van der Waals surface area contributed by atoms with E-state index in [0.717, 1.165) is 17.1 Å². The molecule has 3 heterocycles. The van der Waals surface area contributed by atoms with Gasteiger partial charge in [-0.05, 0) is 31.9 Å². The summed E-state index contributed by atoms with van der Waals surface area (Å²) in [5.74, 6) is 1.10. The summed E-state index contributed by atoms with van der Waals surface area (Å²) in [5.41, 5.74) is 1.56. The molecule has 0 bridgehead atoms. The minimum Gasteiger partial charge on any atom is -0.423 e. The summed E-state index contributed by atoms with van der Waals surface area (Å²) in [7, 11) is 0. The molecule has 5 nitrogen and oxygen atoms in total. The molecule has 0 N–H and O–H groups in total. The molecule has 0 aromatic carbocycles. The molecular formula is C13H15FN4O. The van der Waals surface area contributed by atoms with Gasteiger partial charge in [0.2, 0.25) is 12.3 Å². The number of pyridine rings is 1. The SMILES string of the molecule is [2H]c1nnc(-c2cc(C)nc(N3CCC(F)CC3)c2)o1. The predicted octanol–water partition coefficient (Wildman–Crippen LogP) is 2.38. The van der Waals surface area contributed by atoms with E-state index in [4.69, 9.17) is 5.79 Å². The third kappa shape index (κ3) is 2.57. The molecule has 1 aliphatic rings. The van der Waals surface area contributed by atoms with E-state index < -0.39 is 6.17 Å². The minimum atomic E-state index is -0.711. The van der Waals surface area contributed by atoms with Crippen molar-refractivity contribution in [3.05, 3.63) is 24.2 Å². The Morgan fingerprint density at radius 1 is 1.42 bits per heavy atom. The zero-order chi connectivity index (χ0) is 14.1. The van der Waals surface area contributed by atoms with E-state index >= 15 is 0 Å². The number of aryl methyl sites for hydroxylation is 1. The lowest BCUT2D eigenvalue weighted by atomic mass is 10.1. The summed E-state index contributed by atoms with van der Waals surface area (Å²) in [6, 6.07) is 3.68. The quantitative estimate of drug-likeness (QED) is 0.832. The number of anilines is 1. The molecule has 1 fully saturated rings. The molecule has 0 saturated carbocycles. The smallest absolute Gasteiger partial charge is 0.247 e. The van der Waals surface area contributed by atoms with Crippen LogP contribution in [0.2, 0.25) is 0 Å². The van der Waals surface area contributed by atoms with Gasteiger partial charge in [0.1, 0.15) is 13.4 Å². The summed E-state index contributed by atoms with van der Waals surface area (Å²) >= 11 is 0. The summed E-state index contributed by atoms with van der Waals surface area (Å²) in [6.07, 6.45) is 0.136. The Labute approximate surface area is 111 Å². The van der Waals surface area contributed by atoms with Crippen molar-refractivity contribution < 1.29 is 10.2 Å². The standard InChI is InChI=1S/C13H15FN4O/c1-9-6-10(13-17-15-8-19-13)7-12(16-9)18-4-2-11(14)3-5-18/h6-8,11H,2-5H2,1H3/i8D. The van der Waals surface area contributed by atoms with Crippen LogP contribution in [0.1, 0.15) is 19.9 Å². The second kappa shape index (κ2) is 4.95. The van der Waals surface area contributed by atoms with E-state index in [0.29, 0.717) is 31.8 Å². The molecule has 0 amide bonds. The van der Waals surface area contributed by atoms with Crippen LogP contribution in [-0.2, 0) is 0 Å². The molecule has 3 rings (SSSR count). The molecule has 1 saturated heterocycles. The normalized spacial score (nSPS) is 17.6. The average Bonchev–Trinajstić information content (AvgIpc) is 2.85. The summed E-state index contributed by atoms with van der Waals surface area (Å²) in [4.78, 5) is 6.54. The second-order valence-corrected chi connectivity index (χ2v) is 4.72. The van der Waals surface area contributed by atoms with E-state index in [2.05, 4.69) is 20.1 Å². The maximum absolute atomic E-state index is 13.2. The van der Waals surface area contributed by atoms with Crippen LogP contribution in [0.5, 0.6) is 0 Å². The van der Waals surface area contributed by atoms with E-state index in [1.165, 1.54) is 0 Å². The van der Waals surface area contributed by atoms with Crippen LogP contribution < -0.4 is 4.90 Å². The first-order valence-corrected chi connectivity index (χ1v) is 6.30. The van der Waals surface area contributed by atoms with Gasteiger partial charge >= 0.3 is 0 Å². The Hall–Kier alpha value is -1.98. The van der Waals surface area contributed by atoms with Gasteiger partial charge in [-0.15, -0.1) is 10.2 Å². The monoisotopic (exact) mass is 263 g/mol. The molecule has 100 valence electrons.